The first-order valence-electron chi connectivity index (χ1n) is 3.60. The number of rotatable bonds is 0. The van der Waals surface area contributed by atoms with Gasteiger partial charge in [0.25, 0.3) is 0 Å². The molecule has 0 fully saturated rings. The number of phenols is 1. The highest BCUT2D eigenvalue weighted by Gasteiger charge is 1.92. The molecule has 0 atom stereocenters. The number of halogens is 2. The average molecular weight is 210 g/mol. The van der Waals surface area contributed by atoms with Crippen LogP contribution in [0.1, 0.15) is 4.11 Å². The van der Waals surface area contributed by atoms with Gasteiger partial charge in [0.2, 0.25) is 0 Å². The van der Waals surface area contributed by atoms with Crippen molar-refractivity contribution in [3.05, 3.63) is 27.6 Å². The molecule has 0 unspecified atom stereocenters. The van der Waals surface area contributed by atoms with Gasteiger partial charge in [0.15, 0.2) is 0 Å². The van der Waals surface area contributed by atoms with Gasteiger partial charge in [0.1, 0.15) is 5.75 Å². The Kier molecular flexibility index (Phi) is 1.10. The predicted octanol–water partition coefficient (Wildman–Crippen LogP) is 2.81. The third-order valence-corrected chi connectivity index (χ3v) is 1.26. The van der Waals surface area contributed by atoms with Crippen molar-refractivity contribution in [2.75, 3.05) is 0 Å². The molecule has 48 valence electrons. The Morgan fingerprint density at radius 3 is 2.89 bits per heavy atom. The zero-order valence-electron chi connectivity index (χ0n) is 7.20. The summed E-state index contributed by atoms with van der Waals surface area (Å²) in [6.07, 6.45) is 0. The average Bonchev–Trinajstić information content (AvgIpc) is 2.08. The van der Waals surface area contributed by atoms with E-state index in [-0.39, 0.29) is 27.6 Å². The number of phenolic OH excluding ortho intramolecular Hbond substituents is 1. The molecule has 0 aromatic heterocycles. The minimum atomic E-state index is -0.511. The van der Waals surface area contributed by atoms with Crippen molar-refractivity contribution in [2.45, 2.75) is 0 Å². The minimum absolute atomic E-state index is 0.0981. The highest BCUT2D eigenvalue weighted by Crippen LogP contribution is 2.22. The van der Waals surface area contributed by atoms with E-state index in [4.69, 9.17) is 20.8 Å². The van der Waals surface area contributed by atoms with Gasteiger partial charge in [0.05, 0.1) is 4.11 Å². The van der Waals surface area contributed by atoms with Gasteiger partial charge in [-0.15, -0.1) is 0 Å². The van der Waals surface area contributed by atoms with E-state index in [0.29, 0.717) is 0 Å². The lowest BCUT2D eigenvalue weighted by Gasteiger charge is -1.92. The molecule has 0 bridgehead atoms. The summed E-state index contributed by atoms with van der Waals surface area (Å²) in [5, 5.41) is 8.96. The second-order valence-electron chi connectivity index (χ2n) is 1.35. The van der Waals surface area contributed by atoms with Crippen LogP contribution in [0, 0.1) is 0 Å². The molecule has 0 aliphatic heterocycles. The van der Waals surface area contributed by atoms with Gasteiger partial charge in [-0.25, -0.2) is 0 Å². The fraction of sp³-hybridized carbons (Fsp3) is 0. The molecule has 0 saturated carbocycles. The van der Waals surface area contributed by atoms with Crippen molar-refractivity contribution in [3.63, 3.8) is 0 Å². The molecular formula is C6H4BrClO. The number of aromatic hydroxyl groups is 1. The molecule has 1 aromatic carbocycles. The molecule has 0 aliphatic carbocycles. The van der Waals surface area contributed by atoms with Crippen LogP contribution in [0.15, 0.2) is 22.6 Å². The van der Waals surface area contributed by atoms with E-state index < -0.39 is 5.75 Å². The van der Waals surface area contributed by atoms with Crippen molar-refractivity contribution in [1.82, 2.24) is 0 Å². The van der Waals surface area contributed by atoms with Crippen LogP contribution in [0.5, 0.6) is 5.75 Å². The van der Waals surface area contributed by atoms with Crippen molar-refractivity contribution in [3.8, 4) is 5.75 Å². The summed E-state index contributed by atoms with van der Waals surface area (Å²) in [7, 11) is 0. The van der Waals surface area contributed by atoms with E-state index in [9.17, 15) is 0 Å². The normalized spacial score (nSPS) is 14.2. The van der Waals surface area contributed by atoms with E-state index in [1.165, 1.54) is 0 Å². The maximum atomic E-state index is 9.12. The Bertz CT molecular complexity index is 237. The number of hydrogen-bond acceptors (Lipinski definition) is 1. The lowest BCUT2D eigenvalue weighted by molar-refractivity contribution is 0.475. The van der Waals surface area contributed by atoms with Gasteiger partial charge < -0.3 is 5.11 Å². The first-order chi connectivity index (χ1) is 5.46. The first-order valence-corrected chi connectivity index (χ1v) is 3.27. The van der Waals surface area contributed by atoms with Crippen molar-refractivity contribution < 1.29 is 9.22 Å². The Morgan fingerprint density at radius 1 is 1.56 bits per heavy atom. The molecule has 0 amide bonds. The molecule has 3 heteroatoms. The molecule has 0 heterocycles. The Balaban J connectivity index is 3.60. The van der Waals surface area contributed by atoms with Crippen LogP contribution in [0.25, 0.3) is 0 Å². The monoisotopic (exact) mass is 209 g/mol. The third-order valence-electron chi connectivity index (χ3n) is 0.676. The van der Waals surface area contributed by atoms with Crippen LogP contribution < -0.4 is 0 Å². The largest absolute Gasteiger partial charge is 0.508 e. The molecular weight excluding hydrogens is 203 g/mol. The molecule has 0 saturated heterocycles. The summed E-state index contributed by atoms with van der Waals surface area (Å²) in [5.41, 5.74) is 0. The maximum absolute atomic E-state index is 9.12. The molecule has 1 aromatic rings. The van der Waals surface area contributed by atoms with Gasteiger partial charge in [-0.05, 0) is 18.1 Å². The predicted molar refractivity (Wildman–Crippen MR) is 40.8 cm³/mol. The number of benzene rings is 1. The van der Waals surface area contributed by atoms with Crippen LogP contribution >= 0.6 is 27.5 Å². The van der Waals surface area contributed by atoms with Gasteiger partial charge in [-0.2, -0.15) is 0 Å². The standard InChI is InChI=1S/C6H4BrClO/c7-4-1-5(8)3-6(9)2-4/h1-3,9H/i1D,2D,3D. The van der Waals surface area contributed by atoms with Crippen molar-refractivity contribution in [2.24, 2.45) is 0 Å². The SMILES string of the molecule is [2H]c1c(O)c([2H])c(Br)c([2H])c1Cl. The Morgan fingerprint density at radius 2 is 2.22 bits per heavy atom. The van der Waals surface area contributed by atoms with Crippen LogP contribution in [-0.2, 0) is 0 Å². The van der Waals surface area contributed by atoms with Crippen LogP contribution in [0.3, 0.4) is 0 Å². The second kappa shape index (κ2) is 2.58. The van der Waals surface area contributed by atoms with E-state index in [1.54, 1.807) is 0 Å². The summed E-state index contributed by atoms with van der Waals surface area (Å²) in [6, 6.07) is -0.811. The summed E-state index contributed by atoms with van der Waals surface area (Å²) in [6.45, 7) is 0. The topological polar surface area (TPSA) is 20.2 Å². The summed E-state index contributed by atoms with van der Waals surface area (Å²) in [4.78, 5) is 0. The van der Waals surface area contributed by atoms with E-state index >= 15 is 0 Å². The van der Waals surface area contributed by atoms with Gasteiger partial charge >= 0.3 is 0 Å². The lowest BCUT2D eigenvalue weighted by atomic mass is 10.3. The highest BCUT2D eigenvalue weighted by atomic mass is 79.9. The Labute approximate surface area is 70.6 Å². The van der Waals surface area contributed by atoms with Gasteiger partial charge in [0, 0.05) is 9.50 Å². The van der Waals surface area contributed by atoms with Crippen LogP contribution in [0.4, 0.5) is 0 Å². The summed E-state index contributed by atoms with van der Waals surface area (Å²) in [5.74, 6) is -0.511. The summed E-state index contributed by atoms with van der Waals surface area (Å²) < 4.78 is 21.8. The zero-order valence-corrected chi connectivity index (χ0v) is 6.55. The minimum Gasteiger partial charge on any atom is -0.508 e. The molecule has 1 N–H and O–H groups in total. The Hall–Kier alpha value is -0.210. The zero-order chi connectivity index (χ0) is 9.46. The van der Waals surface area contributed by atoms with E-state index in [1.807, 2.05) is 0 Å². The van der Waals surface area contributed by atoms with Gasteiger partial charge in [-0.1, -0.05) is 27.5 Å². The fourth-order valence-corrected chi connectivity index (χ4v) is 1.08. The second-order valence-corrected chi connectivity index (χ2v) is 2.52. The molecule has 0 aliphatic rings. The summed E-state index contributed by atoms with van der Waals surface area (Å²) >= 11 is 8.42. The quantitative estimate of drug-likeness (QED) is 0.698. The van der Waals surface area contributed by atoms with Crippen molar-refractivity contribution in [1.29, 1.82) is 0 Å². The first kappa shape index (κ1) is 3.84. The maximum Gasteiger partial charge on any atom is 0.118 e. The van der Waals surface area contributed by atoms with Crippen LogP contribution in [0.2, 0.25) is 5.02 Å². The molecule has 0 spiro atoms. The fourth-order valence-electron chi connectivity index (χ4n) is 0.398. The smallest absolute Gasteiger partial charge is 0.118 e. The lowest BCUT2D eigenvalue weighted by Crippen LogP contribution is -1.66. The highest BCUT2D eigenvalue weighted by molar-refractivity contribution is 9.10. The third kappa shape index (κ3) is 1.88. The van der Waals surface area contributed by atoms with Crippen molar-refractivity contribution >= 4 is 27.5 Å². The van der Waals surface area contributed by atoms with E-state index in [0.717, 1.165) is 0 Å². The van der Waals surface area contributed by atoms with Crippen LogP contribution in [-0.4, -0.2) is 5.11 Å². The molecule has 1 nitrogen and oxygen atoms in total. The molecule has 0 radical (unpaired) electrons. The van der Waals surface area contributed by atoms with E-state index in [2.05, 4.69) is 15.9 Å². The molecule has 1 rings (SSSR count). The number of hydrogen-bond donors (Lipinski definition) is 1. The molecule has 9 heavy (non-hydrogen) atoms. The van der Waals surface area contributed by atoms with Gasteiger partial charge in [-0.3, -0.25) is 0 Å².